The van der Waals surface area contributed by atoms with Crippen molar-refractivity contribution < 1.29 is 4.39 Å². The molecule has 1 heterocycles. The Bertz CT molecular complexity index is 237. The van der Waals surface area contributed by atoms with Crippen LogP contribution < -0.4 is 0 Å². The van der Waals surface area contributed by atoms with E-state index in [1.807, 2.05) is 22.6 Å². The van der Waals surface area contributed by atoms with Gasteiger partial charge in [0.1, 0.15) is 0 Å². The number of hydrogen-bond donors (Lipinski definition) is 0. The van der Waals surface area contributed by atoms with Crippen molar-refractivity contribution in [2.45, 2.75) is 6.92 Å². The highest BCUT2D eigenvalue weighted by Gasteiger charge is 2.05. The van der Waals surface area contributed by atoms with Gasteiger partial charge >= 0.3 is 0 Å². The number of pyridine rings is 1. The SMILES string of the molecule is Cc1c(F)ncc(Cl)c1I. The summed E-state index contributed by atoms with van der Waals surface area (Å²) < 4.78 is 13.3. The molecule has 0 bridgehead atoms. The van der Waals surface area contributed by atoms with Gasteiger partial charge in [-0.25, -0.2) is 4.98 Å². The Kier molecular flexibility index (Phi) is 2.46. The van der Waals surface area contributed by atoms with Crippen LogP contribution in [0.5, 0.6) is 0 Å². The highest BCUT2D eigenvalue weighted by Crippen LogP contribution is 2.21. The standard InChI is InChI=1S/C6H4ClFIN/c1-3-5(9)4(7)2-10-6(3)8/h2H,1H3. The highest BCUT2D eigenvalue weighted by atomic mass is 127. The zero-order chi connectivity index (χ0) is 7.72. The number of aromatic nitrogens is 1. The second kappa shape index (κ2) is 3.00. The fourth-order valence-electron chi connectivity index (χ4n) is 0.537. The zero-order valence-corrected chi connectivity index (χ0v) is 8.07. The molecule has 0 aliphatic rings. The van der Waals surface area contributed by atoms with Gasteiger partial charge in [-0.05, 0) is 29.5 Å². The molecule has 1 nitrogen and oxygen atoms in total. The molecule has 10 heavy (non-hydrogen) atoms. The lowest BCUT2D eigenvalue weighted by Gasteiger charge is -1.99. The van der Waals surface area contributed by atoms with Gasteiger partial charge in [-0.3, -0.25) is 0 Å². The third kappa shape index (κ3) is 1.40. The van der Waals surface area contributed by atoms with Crippen molar-refractivity contribution in [3.63, 3.8) is 0 Å². The van der Waals surface area contributed by atoms with Gasteiger partial charge in [0.25, 0.3) is 0 Å². The minimum Gasteiger partial charge on any atom is -0.226 e. The first-order chi connectivity index (χ1) is 4.63. The molecule has 0 saturated carbocycles. The first-order valence-electron chi connectivity index (χ1n) is 2.59. The van der Waals surface area contributed by atoms with E-state index in [0.717, 1.165) is 3.57 Å². The molecule has 0 spiro atoms. The number of hydrogen-bond acceptors (Lipinski definition) is 1. The van der Waals surface area contributed by atoms with Gasteiger partial charge in [0, 0.05) is 15.3 Å². The molecule has 0 radical (unpaired) electrons. The molecule has 0 N–H and O–H groups in total. The van der Waals surface area contributed by atoms with Crippen LogP contribution in [0.25, 0.3) is 0 Å². The summed E-state index contributed by atoms with van der Waals surface area (Å²) in [7, 11) is 0. The largest absolute Gasteiger partial charge is 0.226 e. The van der Waals surface area contributed by atoms with Crippen LogP contribution >= 0.6 is 34.2 Å². The van der Waals surface area contributed by atoms with Gasteiger partial charge in [0.05, 0.1) is 5.02 Å². The summed E-state index contributed by atoms with van der Waals surface area (Å²) in [5.74, 6) is -0.450. The van der Waals surface area contributed by atoms with Crippen LogP contribution in [-0.2, 0) is 0 Å². The number of rotatable bonds is 0. The lowest BCUT2D eigenvalue weighted by atomic mass is 10.3. The first kappa shape index (κ1) is 8.20. The Balaban J connectivity index is 3.34. The Hall–Kier alpha value is 0.100. The molecule has 54 valence electrons. The smallest absolute Gasteiger partial charge is 0.216 e. The monoisotopic (exact) mass is 271 g/mol. The highest BCUT2D eigenvalue weighted by molar-refractivity contribution is 14.1. The minimum absolute atomic E-state index is 0.450. The average molecular weight is 271 g/mol. The fraction of sp³-hybridized carbons (Fsp3) is 0.167. The van der Waals surface area contributed by atoms with Gasteiger partial charge in [0.15, 0.2) is 0 Å². The Morgan fingerprint density at radius 2 is 2.30 bits per heavy atom. The van der Waals surface area contributed by atoms with E-state index in [2.05, 4.69) is 4.98 Å². The van der Waals surface area contributed by atoms with Crippen molar-refractivity contribution in [1.29, 1.82) is 0 Å². The van der Waals surface area contributed by atoms with Crippen LogP contribution in [0.3, 0.4) is 0 Å². The molecule has 1 rings (SSSR count). The molecule has 0 unspecified atom stereocenters. The second-order valence-electron chi connectivity index (χ2n) is 1.84. The van der Waals surface area contributed by atoms with Crippen LogP contribution in [0.2, 0.25) is 5.02 Å². The van der Waals surface area contributed by atoms with Crippen LogP contribution in [0.15, 0.2) is 6.20 Å². The van der Waals surface area contributed by atoms with Crippen LogP contribution in [0, 0.1) is 16.4 Å². The van der Waals surface area contributed by atoms with E-state index >= 15 is 0 Å². The molecule has 1 aromatic heterocycles. The molecule has 4 heteroatoms. The fourth-order valence-corrected chi connectivity index (χ4v) is 1.09. The summed E-state index contributed by atoms with van der Waals surface area (Å²) in [4.78, 5) is 3.44. The van der Waals surface area contributed by atoms with Crippen molar-refractivity contribution >= 4 is 34.2 Å². The molecule has 0 saturated heterocycles. The first-order valence-corrected chi connectivity index (χ1v) is 4.04. The maximum absolute atomic E-state index is 12.6. The maximum atomic E-state index is 12.6. The maximum Gasteiger partial charge on any atom is 0.216 e. The molecule has 0 amide bonds. The molecule has 0 aliphatic heterocycles. The van der Waals surface area contributed by atoms with E-state index in [0.29, 0.717) is 10.6 Å². The van der Waals surface area contributed by atoms with Gasteiger partial charge in [-0.1, -0.05) is 11.6 Å². The van der Waals surface area contributed by atoms with Crippen molar-refractivity contribution in [3.8, 4) is 0 Å². The summed E-state index contributed by atoms with van der Waals surface area (Å²) in [5.41, 5.74) is 0.508. The van der Waals surface area contributed by atoms with Gasteiger partial charge in [0.2, 0.25) is 5.95 Å². The second-order valence-corrected chi connectivity index (χ2v) is 3.32. The third-order valence-electron chi connectivity index (χ3n) is 1.14. The molecule has 1 aromatic rings. The van der Waals surface area contributed by atoms with Crippen LogP contribution in [0.4, 0.5) is 4.39 Å². The van der Waals surface area contributed by atoms with Crippen LogP contribution in [-0.4, -0.2) is 4.98 Å². The Morgan fingerprint density at radius 1 is 1.70 bits per heavy atom. The number of halogens is 3. The zero-order valence-electron chi connectivity index (χ0n) is 5.16. The van der Waals surface area contributed by atoms with E-state index in [9.17, 15) is 4.39 Å². The lowest BCUT2D eigenvalue weighted by Crippen LogP contribution is -1.91. The topological polar surface area (TPSA) is 12.9 Å². The van der Waals surface area contributed by atoms with Gasteiger partial charge in [-0.2, -0.15) is 4.39 Å². The molecule has 0 aromatic carbocycles. The number of nitrogens with zero attached hydrogens (tertiary/aromatic N) is 1. The summed E-state index contributed by atoms with van der Waals surface area (Å²) in [6.45, 7) is 1.65. The van der Waals surface area contributed by atoms with E-state index < -0.39 is 5.95 Å². The van der Waals surface area contributed by atoms with E-state index in [1.165, 1.54) is 6.20 Å². The van der Waals surface area contributed by atoms with Crippen molar-refractivity contribution in [2.24, 2.45) is 0 Å². The molecular weight excluding hydrogens is 267 g/mol. The molecular formula is C6H4ClFIN. The van der Waals surface area contributed by atoms with Crippen molar-refractivity contribution in [2.75, 3.05) is 0 Å². The Morgan fingerprint density at radius 3 is 2.80 bits per heavy atom. The lowest BCUT2D eigenvalue weighted by molar-refractivity contribution is 0.573. The summed E-state index contributed by atoms with van der Waals surface area (Å²) in [6, 6.07) is 0. The summed E-state index contributed by atoms with van der Waals surface area (Å²) >= 11 is 7.63. The van der Waals surface area contributed by atoms with Crippen LogP contribution in [0.1, 0.15) is 5.56 Å². The quantitative estimate of drug-likeness (QED) is 0.522. The van der Waals surface area contributed by atoms with Crippen molar-refractivity contribution in [1.82, 2.24) is 4.98 Å². The van der Waals surface area contributed by atoms with Crippen molar-refractivity contribution in [3.05, 3.63) is 26.3 Å². The predicted octanol–water partition coefficient (Wildman–Crippen LogP) is 2.79. The molecule has 0 atom stereocenters. The Labute approximate surface area is 76.7 Å². The minimum atomic E-state index is -0.450. The van der Waals surface area contributed by atoms with E-state index in [-0.39, 0.29) is 0 Å². The van der Waals surface area contributed by atoms with Gasteiger partial charge in [-0.15, -0.1) is 0 Å². The van der Waals surface area contributed by atoms with E-state index in [4.69, 9.17) is 11.6 Å². The molecule has 0 fully saturated rings. The normalized spacial score (nSPS) is 10.0. The summed E-state index contributed by atoms with van der Waals surface area (Å²) in [5, 5.41) is 0.500. The third-order valence-corrected chi connectivity index (χ3v) is 3.14. The average Bonchev–Trinajstić information content (AvgIpc) is 1.93. The van der Waals surface area contributed by atoms with E-state index in [1.54, 1.807) is 6.92 Å². The molecule has 0 aliphatic carbocycles. The van der Waals surface area contributed by atoms with Gasteiger partial charge < -0.3 is 0 Å². The predicted molar refractivity (Wildman–Crippen MR) is 46.7 cm³/mol. The summed E-state index contributed by atoms with van der Waals surface area (Å²) in [6.07, 6.45) is 1.31.